The van der Waals surface area contributed by atoms with E-state index < -0.39 is 0 Å². The quantitative estimate of drug-likeness (QED) is 0.580. The third-order valence-corrected chi connectivity index (χ3v) is 9.64. The van der Waals surface area contributed by atoms with Crippen molar-refractivity contribution in [2.24, 2.45) is 40.4 Å². The third kappa shape index (κ3) is 2.91. The maximum absolute atomic E-state index is 13.6. The predicted octanol–water partition coefficient (Wildman–Crippen LogP) is 5.72. The number of hydrogen-bond donors (Lipinski definition) is 0. The Kier molecular flexibility index (Phi) is 5.25. The van der Waals surface area contributed by atoms with E-state index in [2.05, 4.69) is 26.8 Å². The summed E-state index contributed by atoms with van der Waals surface area (Å²) in [6.45, 7) is 6.97. The minimum absolute atomic E-state index is 0.132. The SMILES string of the molecule is COC(=O)CC[C@@H](C)C1CCC2C3CC[C@@H]4CCCC[C@]4(C)C3=CC(=O)[C@@]21C. The maximum Gasteiger partial charge on any atom is 0.305 e. The second-order valence-corrected chi connectivity index (χ2v) is 10.7. The molecule has 0 aliphatic heterocycles. The average Bonchev–Trinajstić information content (AvgIpc) is 3.05. The van der Waals surface area contributed by atoms with E-state index in [0.717, 1.165) is 18.8 Å². The van der Waals surface area contributed by atoms with Crippen LogP contribution in [0.25, 0.3) is 0 Å². The molecule has 0 bridgehead atoms. The topological polar surface area (TPSA) is 43.4 Å². The minimum Gasteiger partial charge on any atom is -0.469 e. The van der Waals surface area contributed by atoms with Gasteiger partial charge in [0.1, 0.15) is 0 Å². The molecule has 4 aliphatic carbocycles. The Labute approximate surface area is 170 Å². The number of hydrogen-bond acceptors (Lipinski definition) is 3. The predicted molar refractivity (Wildman–Crippen MR) is 111 cm³/mol. The molecule has 4 rings (SSSR count). The number of carbonyl (C=O) groups is 2. The fourth-order valence-corrected chi connectivity index (χ4v) is 7.94. The molecule has 0 heterocycles. The van der Waals surface area contributed by atoms with Crippen LogP contribution in [0.15, 0.2) is 11.6 Å². The van der Waals surface area contributed by atoms with Crippen molar-refractivity contribution >= 4 is 11.8 Å². The van der Waals surface area contributed by atoms with E-state index in [0.29, 0.717) is 35.9 Å². The van der Waals surface area contributed by atoms with E-state index >= 15 is 0 Å². The Bertz CT molecular complexity index is 679. The fourth-order valence-electron chi connectivity index (χ4n) is 7.94. The Balaban J connectivity index is 1.60. The number of ether oxygens (including phenoxy) is 1. The molecule has 0 radical (unpaired) electrons. The van der Waals surface area contributed by atoms with E-state index in [1.165, 1.54) is 57.6 Å². The Morgan fingerprint density at radius 1 is 1.18 bits per heavy atom. The van der Waals surface area contributed by atoms with Crippen LogP contribution < -0.4 is 0 Å². The lowest BCUT2D eigenvalue weighted by molar-refractivity contribution is -0.141. The van der Waals surface area contributed by atoms with Crippen LogP contribution in [0.4, 0.5) is 0 Å². The van der Waals surface area contributed by atoms with Gasteiger partial charge < -0.3 is 4.74 Å². The van der Waals surface area contributed by atoms with Gasteiger partial charge in [0, 0.05) is 11.8 Å². The van der Waals surface area contributed by atoms with Crippen molar-refractivity contribution in [3.05, 3.63) is 11.6 Å². The Morgan fingerprint density at radius 3 is 2.71 bits per heavy atom. The number of methoxy groups -OCH3 is 1. The van der Waals surface area contributed by atoms with Gasteiger partial charge in [-0.1, -0.05) is 39.2 Å². The molecule has 0 aromatic rings. The van der Waals surface area contributed by atoms with Gasteiger partial charge in [0.15, 0.2) is 5.78 Å². The molecule has 0 saturated heterocycles. The third-order valence-electron chi connectivity index (χ3n) is 9.64. The number of ketones is 1. The molecule has 0 N–H and O–H groups in total. The molecule has 0 amide bonds. The highest BCUT2D eigenvalue weighted by Gasteiger charge is 2.60. The zero-order valence-electron chi connectivity index (χ0n) is 18.3. The molecule has 0 aromatic carbocycles. The van der Waals surface area contributed by atoms with Crippen LogP contribution in [-0.2, 0) is 14.3 Å². The summed E-state index contributed by atoms with van der Waals surface area (Å²) in [6, 6.07) is 0. The summed E-state index contributed by atoms with van der Waals surface area (Å²) in [7, 11) is 1.46. The highest BCUT2D eigenvalue weighted by molar-refractivity contribution is 5.97. The van der Waals surface area contributed by atoms with Crippen LogP contribution in [-0.4, -0.2) is 18.9 Å². The number of carbonyl (C=O) groups excluding carboxylic acids is 2. The first-order valence-electron chi connectivity index (χ1n) is 11.7. The molecule has 28 heavy (non-hydrogen) atoms. The van der Waals surface area contributed by atoms with Gasteiger partial charge in [0.25, 0.3) is 0 Å². The van der Waals surface area contributed by atoms with Gasteiger partial charge in [0.2, 0.25) is 0 Å². The summed E-state index contributed by atoms with van der Waals surface area (Å²) in [5, 5.41) is 0. The first-order chi connectivity index (χ1) is 13.3. The number of rotatable bonds is 4. The summed E-state index contributed by atoms with van der Waals surface area (Å²) in [6.07, 6.45) is 13.7. The Hall–Kier alpha value is -1.12. The monoisotopic (exact) mass is 386 g/mol. The smallest absolute Gasteiger partial charge is 0.305 e. The first kappa shape index (κ1) is 20.2. The van der Waals surface area contributed by atoms with Crippen molar-refractivity contribution < 1.29 is 14.3 Å². The van der Waals surface area contributed by atoms with E-state index in [1.807, 2.05) is 0 Å². The van der Waals surface area contributed by atoms with Crippen LogP contribution >= 0.6 is 0 Å². The normalized spacial score (nSPS) is 43.4. The van der Waals surface area contributed by atoms with Crippen LogP contribution in [0.3, 0.4) is 0 Å². The summed E-state index contributed by atoms with van der Waals surface area (Å²) >= 11 is 0. The Morgan fingerprint density at radius 2 is 1.96 bits per heavy atom. The summed E-state index contributed by atoms with van der Waals surface area (Å²) < 4.78 is 4.83. The van der Waals surface area contributed by atoms with Gasteiger partial charge in [-0.2, -0.15) is 0 Å². The maximum atomic E-state index is 13.6. The molecule has 3 unspecified atom stereocenters. The molecule has 7 atom stereocenters. The summed E-state index contributed by atoms with van der Waals surface area (Å²) in [4.78, 5) is 25.2. The van der Waals surface area contributed by atoms with Crippen molar-refractivity contribution in [1.82, 2.24) is 0 Å². The van der Waals surface area contributed by atoms with Crippen LogP contribution in [0.5, 0.6) is 0 Å². The zero-order chi connectivity index (χ0) is 20.1. The van der Waals surface area contributed by atoms with E-state index in [1.54, 1.807) is 0 Å². The average molecular weight is 387 g/mol. The number of esters is 1. The zero-order valence-corrected chi connectivity index (χ0v) is 18.3. The van der Waals surface area contributed by atoms with Crippen molar-refractivity contribution in [1.29, 1.82) is 0 Å². The van der Waals surface area contributed by atoms with Gasteiger partial charge in [-0.15, -0.1) is 0 Å². The van der Waals surface area contributed by atoms with Crippen molar-refractivity contribution in [3.63, 3.8) is 0 Å². The van der Waals surface area contributed by atoms with E-state index in [-0.39, 0.29) is 16.8 Å². The first-order valence-corrected chi connectivity index (χ1v) is 11.7. The van der Waals surface area contributed by atoms with Crippen molar-refractivity contribution in [2.45, 2.75) is 85.0 Å². The highest BCUT2D eigenvalue weighted by atomic mass is 16.5. The second kappa shape index (κ2) is 7.29. The molecule has 156 valence electrons. The molecule has 3 fully saturated rings. The lowest BCUT2D eigenvalue weighted by Gasteiger charge is -2.55. The molecular formula is C25H38O3. The molecule has 3 saturated carbocycles. The minimum atomic E-state index is -0.235. The van der Waals surface area contributed by atoms with Crippen molar-refractivity contribution in [2.75, 3.05) is 7.11 Å². The van der Waals surface area contributed by atoms with Gasteiger partial charge in [-0.05, 0) is 86.0 Å². The molecule has 0 spiro atoms. The molecule has 4 aliphatic rings. The number of allylic oxidation sites excluding steroid dienone is 2. The van der Waals surface area contributed by atoms with Gasteiger partial charge in [-0.25, -0.2) is 0 Å². The molecule has 3 nitrogen and oxygen atoms in total. The van der Waals surface area contributed by atoms with Gasteiger partial charge >= 0.3 is 5.97 Å². The largest absolute Gasteiger partial charge is 0.469 e. The standard InChI is InChI=1S/C25H38O3/c1-16(8-13-23(27)28-4)19-11-12-20-18-10-9-17-7-5-6-14-24(17,2)21(18)15-22(26)25(19,20)3/h15-20H,5-14H2,1-4H3/t16-,17+,18?,19?,20?,24+,25-/m1/s1. The van der Waals surface area contributed by atoms with Gasteiger partial charge in [0.05, 0.1) is 7.11 Å². The fraction of sp³-hybridized carbons (Fsp3) is 0.840. The summed E-state index contributed by atoms with van der Waals surface area (Å²) in [5.74, 6) is 2.94. The molecule has 0 aromatic heterocycles. The van der Waals surface area contributed by atoms with Crippen molar-refractivity contribution in [3.8, 4) is 0 Å². The molecule has 3 heteroatoms. The van der Waals surface area contributed by atoms with Crippen LogP contribution in [0, 0.1) is 40.4 Å². The second-order valence-electron chi connectivity index (χ2n) is 10.7. The highest BCUT2D eigenvalue weighted by Crippen LogP contribution is 2.65. The lowest BCUT2D eigenvalue weighted by Crippen LogP contribution is -2.51. The van der Waals surface area contributed by atoms with E-state index in [9.17, 15) is 9.59 Å². The summed E-state index contributed by atoms with van der Waals surface area (Å²) in [5.41, 5.74) is 1.56. The lowest BCUT2D eigenvalue weighted by atomic mass is 9.48. The molecular weight excluding hydrogens is 348 g/mol. The van der Waals surface area contributed by atoms with Gasteiger partial charge in [-0.3, -0.25) is 9.59 Å². The van der Waals surface area contributed by atoms with E-state index in [4.69, 9.17) is 4.74 Å². The van der Waals surface area contributed by atoms with Crippen LogP contribution in [0.2, 0.25) is 0 Å². The number of fused-ring (bicyclic) bond motifs is 5. The van der Waals surface area contributed by atoms with Crippen LogP contribution in [0.1, 0.15) is 85.0 Å².